The van der Waals surface area contributed by atoms with Crippen LogP contribution in [0.4, 0.5) is 0 Å². The molecule has 2 aliphatic rings. The molecule has 136 valence electrons. The van der Waals surface area contributed by atoms with Crippen molar-refractivity contribution in [1.29, 1.82) is 0 Å². The highest BCUT2D eigenvalue weighted by Gasteiger charge is 2.36. The van der Waals surface area contributed by atoms with Crippen molar-refractivity contribution in [3.8, 4) is 0 Å². The lowest BCUT2D eigenvalue weighted by Gasteiger charge is -2.26. The van der Waals surface area contributed by atoms with Crippen LogP contribution in [0.3, 0.4) is 0 Å². The van der Waals surface area contributed by atoms with Crippen molar-refractivity contribution < 1.29 is 14.7 Å². The van der Waals surface area contributed by atoms with Crippen molar-refractivity contribution in [3.63, 3.8) is 0 Å². The Kier molecular flexibility index (Phi) is 5.42. The number of aliphatic carboxylic acids is 1. The van der Waals surface area contributed by atoms with Gasteiger partial charge in [-0.25, -0.2) is 0 Å². The van der Waals surface area contributed by atoms with Gasteiger partial charge in [0.15, 0.2) is 0 Å². The first-order chi connectivity index (χ1) is 12.0. The number of carbonyl (C=O) groups excluding carboxylic acids is 1. The van der Waals surface area contributed by atoms with Crippen LogP contribution in [0.1, 0.15) is 62.3 Å². The smallest absolute Gasteiger partial charge is 0.320 e. The largest absolute Gasteiger partial charge is 0.480 e. The molecule has 1 saturated carbocycles. The van der Waals surface area contributed by atoms with E-state index < -0.39 is 12.0 Å². The molecule has 1 aromatic carbocycles. The van der Waals surface area contributed by atoms with Crippen LogP contribution in [0.2, 0.25) is 0 Å². The lowest BCUT2D eigenvalue weighted by molar-refractivity contribution is -0.143. The number of amides is 1. The van der Waals surface area contributed by atoms with Gasteiger partial charge in [-0.1, -0.05) is 18.2 Å². The second kappa shape index (κ2) is 7.56. The van der Waals surface area contributed by atoms with Crippen molar-refractivity contribution in [2.24, 2.45) is 0 Å². The molecular weight excluding hydrogens is 316 g/mol. The van der Waals surface area contributed by atoms with Crippen molar-refractivity contribution in [2.75, 3.05) is 6.54 Å². The molecule has 0 bridgehead atoms. The predicted molar refractivity (Wildman–Crippen MR) is 96.5 cm³/mol. The van der Waals surface area contributed by atoms with E-state index in [1.807, 2.05) is 6.92 Å². The first-order valence-corrected chi connectivity index (χ1v) is 9.35. The maximum atomic E-state index is 12.4. The van der Waals surface area contributed by atoms with Gasteiger partial charge in [0.25, 0.3) is 0 Å². The number of hydrogen-bond donors (Lipinski definition) is 2. The number of aryl methyl sites for hydroxylation is 2. The molecule has 2 unspecified atom stereocenters. The number of carboxylic acids is 1. The van der Waals surface area contributed by atoms with Crippen LogP contribution in [0.25, 0.3) is 0 Å². The number of hydrogen-bond acceptors (Lipinski definition) is 3. The molecule has 25 heavy (non-hydrogen) atoms. The summed E-state index contributed by atoms with van der Waals surface area (Å²) in [6.45, 7) is 3.79. The molecule has 0 saturated heterocycles. The Labute approximate surface area is 149 Å². The van der Waals surface area contributed by atoms with E-state index >= 15 is 0 Å². The van der Waals surface area contributed by atoms with E-state index in [2.05, 4.69) is 23.5 Å². The minimum absolute atomic E-state index is 0.0686. The van der Waals surface area contributed by atoms with Gasteiger partial charge in [-0.3, -0.25) is 14.5 Å². The molecule has 1 fully saturated rings. The van der Waals surface area contributed by atoms with Crippen molar-refractivity contribution >= 4 is 11.9 Å². The summed E-state index contributed by atoms with van der Waals surface area (Å²) in [5, 5.41) is 12.3. The molecular formula is C20H28N2O3. The minimum Gasteiger partial charge on any atom is -0.480 e. The SMILES string of the molecule is CC(NC(=O)CN(C1CC1)C(C)C(=O)O)c1ccc2c(c1)CCCC2. The molecule has 0 aliphatic heterocycles. The number of rotatable bonds is 7. The van der Waals surface area contributed by atoms with E-state index in [0.29, 0.717) is 0 Å². The predicted octanol–water partition coefficient (Wildman–Crippen LogP) is 2.68. The molecule has 0 heterocycles. The first-order valence-electron chi connectivity index (χ1n) is 9.35. The third-order valence-electron chi connectivity index (χ3n) is 5.45. The molecule has 1 amide bonds. The molecule has 0 aromatic heterocycles. The number of carboxylic acid groups (broad SMARTS) is 1. The van der Waals surface area contributed by atoms with Crippen molar-refractivity contribution in [2.45, 2.75) is 70.5 Å². The Morgan fingerprint density at radius 3 is 2.52 bits per heavy atom. The third kappa shape index (κ3) is 4.40. The van der Waals surface area contributed by atoms with Crippen LogP contribution >= 0.6 is 0 Å². The Morgan fingerprint density at radius 2 is 1.88 bits per heavy atom. The summed E-state index contributed by atoms with van der Waals surface area (Å²) in [7, 11) is 0. The van der Waals surface area contributed by atoms with Gasteiger partial charge in [0, 0.05) is 6.04 Å². The standard InChI is InChI=1S/C20H28N2O3/c1-13(16-8-7-15-5-3-4-6-17(15)11-16)21-19(23)12-22(18-9-10-18)14(2)20(24)25/h7-8,11,13-14,18H,3-6,9-10,12H2,1-2H3,(H,21,23)(H,24,25). The Balaban J connectivity index is 1.61. The topological polar surface area (TPSA) is 69.6 Å². The zero-order valence-corrected chi connectivity index (χ0v) is 15.1. The second-order valence-electron chi connectivity index (χ2n) is 7.44. The number of carbonyl (C=O) groups is 2. The van der Waals surface area contributed by atoms with Gasteiger partial charge in [-0.2, -0.15) is 0 Å². The number of nitrogens with zero attached hydrogens (tertiary/aromatic N) is 1. The van der Waals surface area contributed by atoms with Crippen LogP contribution in [-0.2, 0) is 22.4 Å². The minimum atomic E-state index is -0.873. The highest BCUT2D eigenvalue weighted by atomic mass is 16.4. The summed E-state index contributed by atoms with van der Waals surface area (Å²) >= 11 is 0. The van der Waals surface area contributed by atoms with E-state index in [1.165, 1.54) is 24.0 Å². The molecule has 0 spiro atoms. The van der Waals surface area contributed by atoms with Crippen LogP contribution in [0, 0.1) is 0 Å². The lowest BCUT2D eigenvalue weighted by atomic mass is 9.89. The van der Waals surface area contributed by atoms with E-state index in [4.69, 9.17) is 0 Å². The van der Waals surface area contributed by atoms with Gasteiger partial charge in [-0.05, 0) is 69.1 Å². The van der Waals surface area contributed by atoms with E-state index in [1.54, 1.807) is 11.8 Å². The molecule has 2 atom stereocenters. The van der Waals surface area contributed by atoms with Gasteiger partial charge < -0.3 is 10.4 Å². The van der Waals surface area contributed by atoms with Gasteiger partial charge in [0.1, 0.15) is 6.04 Å². The normalized spacial score (nSPS) is 19.2. The average Bonchev–Trinajstić information content (AvgIpc) is 3.43. The van der Waals surface area contributed by atoms with Gasteiger partial charge in [0.05, 0.1) is 12.6 Å². The highest BCUT2D eigenvalue weighted by molar-refractivity contribution is 5.80. The quantitative estimate of drug-likeness (QED) is 0.798. The maximum Gasteiger partial charge on any atom is 0.320 e. The zero-order valence-electron chi connectivity index (χ0n) is 15.1. The zero-order chi connectivity index (χ0) is 18.0. The van der Waals surface area contributed by atoms with E-state index in [0.717, 1.165) is 31.2 Å². The molecule has 5 nitrogen and oxygen atoms in total. The first kappa shape index (κ1) is 17.9. The monoisotopic (exact) mass is 344 g/mol. The molecule has 2 aliphatic carbocycles. The third-order valence-corrected chi connectivity index (χ3v) is 5.45. The lowest BCUT2D eigenvalue weighted by Crippen LogP contribution is -2.46. The average molecular weight is 344 g/mol. The maximum absolute atomic E-state index is 12.4. The molecule has 0 radical (unpaired) electrons. The van der Waals surface area contributed by atoms with Crippen molar-refractivity contribution in [1.82, 2.24) is 10.2 Å². The summed E-state index contributed by atoms with van der Waals surface area (Å²) in [4.78, 5) is 25.5. The Bertz CT molecular complexity index is 654. The van der Waals surface area contributed by atoms with Crippen LogP contribution in [-0.4, -0.2) is 40.5 Å². The summed E-state index contributed by atoms with van der Waals surface area (Å²) in [6, 6.07) is 6.05. The number of benzene rings is 1. The molecule has 5 heteroatoms. The fourth-order valence-electron chi connectivity index (χ4n) is 3.69. The summed E-state index contributed by atoms with van der Waals surface area (Å²) in [5.41, 5.74) is 3.96. The summed E-state index contributed by atoms with van der Waals surface area (Å²) in [6.07, 6.45) is 6.73. The molecule has 3 rings (SSSR count). The highest BCUT2D eigenvalue weighted by Crippen LogP contribution is 2.29. The summed E-state index contributed by atoms with van der Waals surface area (Å²) in [5.74, 6) is -0.979. The van der Waals surface area contributed by atoms with Crippen LogP contribution in [0.15, 0.2) is 18.2 Å². The van der Waals surface area contributed by atoms with Crippen LogP contribution in [0.5, 0.6) is 0 Å². The second-order valence-corrected chi connectivity index (χ2v) is 7.44. The Hall–Kier alpha value is -1.88. The molecule has 2 N–H and O–H groups in total. The fraction of sp³-hybridized carbons (Fsp3) is 0.600. The Morgan fingerprint density at radius 1 is 1.20 bits per heavy atom. The van der Waals surface area contributed by atoms with E-state index in [-0.39, 0.29) is 24.5 Å². The van der Waals surface area contributed by atoms with E-state index in [9.17, 15) is 14.7 Å². The van der Waals surface area contributed by atoms with Gasteiger partial charge >= 0.3 is 5.97 Å². The number of fused-ring (bicyclic) bond motifs is 1. The molecule has 1 aromatic rings. The fourth-order valence-corrected chi connectivity index (χ4v) is 3.69. The summed E-state index contributed by atoms with van der Waals surface area (Å²) < 4.78 is 0. The van der Waals surface area contributed by atoms with Crippen molar-refractivity contribution in [3.05, 3.63) is 34.9 Å². The van der Waals surface area contributed by atoms with Crippen LogP contribution < -0.4 is 5.32 Å². The number of nitrogens with one attached hydrogen (secondary N) is 1. The van der Waals surface area contributed by atoms with Gasteiger partial charge in [-0.15, -0.1) is 0 Å². The van der Waals surface area contributed by atoms with Gasteiger partial charge in [0.2, 0.25) is 5.91 Å².